The van der Waals surface area contributed by atoms with Crippen LogP contribution in [0.1, 0.15) is 26.2 Å². The van der Waals surface area contributed by atoms with E-state index in [0.29, 0.717) is 34.2 Å². The van der Waals surface area contributed by atoms with Gasteiger partial charge in [-0.05, 0) is 36.2 Å². The van der Waals surface area contributed by atoms with Crippen LogP contribution in [0.15, 0.2) is 77.2 Å². The number of phenolic OH excluding ortho intramolecular Hbond substituents is 1. The van der Waals surface area contributed by atoms with Crippen molar-refractivity contribution in [1.29, 1.82) is 0 Å². The Morgan fingerprint density at radius 3 is 2.31 bits per heavy atom. The van der Waals surface area contributed by atoms with Crippen LogP contribution >= 0.6 is 11.6 Å². The minimum Gasteiger partial charge on any atom is -0.507 e. The lowest BCUT2D eigenvalue weighted by Crippen LogP contribution is -2.11. The van der Waals surface area contributed by atoms with Gasteiger partial charge in [-0.15, -0.1) is 0 Å². The van der Waals surface area contributed by atoms with Crippen molar-refractivity contribution in [1.82, 2.24) is 4.98 Å². The molecule has 4 aromatic rings. The maximum Gasteiger partial charge on any atom is 0.229 e. The highest BCUT2D eigenvalue weighted by atomic mass is 35.5. The molecule has 0 radical (unpaired) electrons. The number of benzene rings is 3. The quantitative estimate of drug-likeness (QED) is 0.315. The number of anilines is 1. The van der Waals surface area contributed by atoms with Crippen molar-refractivity contribution < 1.29 is 14.3 Å². The number of carbonyl (C=O) groups is 1. The van der Waals surface area contributed by atoms with Crippen LogP contribution < -0.4 is 5.32 Å². The van der Waals surface area contributed by atoms with Gasteiger partial charge < -0.3 is 9.52 Å². The summed E-state index contributed by atoms with van der Waals surface area (Å²) in [7, 11) is 0. The molecule has 4 rings (SSSR count). The molecule has 0 atom stereocenters. The fourth-order valence-corrected chi connectivity index (χ4v) is 3.58. The molecule has 0 aliphatic heterocycles. The number of para-hydroxylation sites is 1. The highest BCUT2D eigenvalue weighted by Gasteiger charge is 2.21. The fourth-order valence-electron chi connectivity index (χ4n) is 3.46. The highest BCUT2D eigenvalue weighted by Crippen LogP contribution is 2.39. The second kappa shape index (κ2) is 9.71. The zero-order chi connectivity index (χ0) is 22.5. The summed E-state index contributed by atoms with van der Waals surface area (Å²) in [6, 6.07) is 21.9. The molecular weight excluding hydrogens is 424 g/mol. The van der Waals surface area contributed by atoms with Crippen molar-refractivity contribution in [3.8, 4) is 39.6 Å². The van der Waals surface area contributed by atoms with Gasteiger partial charge in [-0.25, -0.2) is 4.98 Å². The predicted molar refractivity (Wildman–Crippen MR) is 128 cm³/mol. The van der Waals surface area contributed by atoms with Crippen LogP contribution in [0.2, 0.25) is 5.02 Å². The molecule has 1 aromatic heterocycles. The molecule has 0 bridgehead atoms. The standard InChI is InChI=1S/C26H23ClN2O3/c1-2-3-12-23(31)28-26-24(17-13-15-18(27)16-14-17)29-25(32-26)21-10-5-4-8-19(21)20-9-6-7-11-22(20)30/h4-11,13-16,30H,2-3,12H2,1H3,(H,28,31). The zero-order valence-corrected chi connectivity index (χ0v) is 18.4. The van der Waals surface area contributed by atoms with Gasteiger partial charge in [0.05, 0.1) is 0 Å². The molecule has 162 valence electrons. The van der Waals surface area contributed by atoms with Crippen molar-refractivity contribution in [2.45, 2.75) is 26.2 Å². The van der Waals surface area contributed by atoms with Crippen molar-refractivity contribution in [3.05, 3.63) is 77.8 Å². The van der Waals surface area contributed by atoms with Crippen LogP contribution in [-0.2, 0) is 4.79 Å². The van der Waals surface area contributed by atoms with Gasteiger partial charge in [-0.3, -0.25) is 10.1 Å². The topological polar surface area (TPSA) is 75.4 Å². The van der Waals surface area contributed by atoms with E-state index >= 15 is 0 Å². The number of carbonyl (C=O) groups excluding carboxylic acids is 1. The summed E-state index contributed by atoms with van der Waals surface area (Å²) in [4.78, 5) is 17.2. The van der Waals surface area contributed by atoms with Crippen LogP contribution in [0.3, 0.4) is 0 Å². The molecule has 0 unspecified atom stereocenters. The molecule has 5 nitrogen and oxygen atoms in total. The summed E-state index contributed by atoms with van der Waals surface area (Å²) in [5.74, 6) is 0.673. The summed E-state index contributed by atoms with van der Waals surface area (Å²) < 4.78 is 6.08. The molecule has 0 aliphatic rings. The number of hydrogen-bond acceptors (Lipinski definition) is 4. The average Bonchev–Trinajstić information content (AvgIpc) is 3.22. The van der Waals surface area contributed by atoms with Gasteiger partial charge in [0.25, 0.3) is 0 Å². The van der Waals surface area contributed by atoms with Crippen LogP contribution in [0.25, 0.3) is 33.8 Å². The third kappa shape index (κ3) is 4.68. The Balaban J connectivity index is 1.81. The molecule has 0 saturated carbocycles. The van der Waals surface area contributed by atoms with Crippen LogP contribution in [-0.4, -0.2) is 16.0 Å². The summed E-state index contributed by atoms with van der Waals surface area (Å²) in [6.07, 6.45) is 2.12. The number of aromatic nitrogens is 1. The molecular formula is C26H23ClN2O3. The maximum atomic E-state index is 12.4. The van der Waals surface area contributed by atoms with E-state index in [4.69, 9.17) is 21.0 Å². The maximum absolute atomic E-state index is 12.4. The monoisotopic (exact) mass is 446 g/mol. The lowest BCUT2D eigenvalue weighted by Gasteiger charge is -2.08. The number of hydrogen-bond donors (Lipinski definition) is 2. The Morgan fingerprint density at radius 2 is 1.62 bits per heavy atom. The molecule has 2 N–H and O–H groups in total. The minimum atomic E-state index is -0.126. The number of phenols is 1. The summed E-state index contributed by atoms with van der Waals surface area (Å²) in [5, 5.41) is 13.9. The third-order valence-corrected chi connectivity index (χ3v) is 5.36. The fraction of sp³-hybridized carbons (Fsp3) is 0.154. The number of halogens is 1. The summed E-state index contributed by atoms with van der Waals surface area (Å²) in [6.45, 7) is 2.04. The molecule has 0 fully saturated rings. The molecule has 1 heterocycles. The van der Waals surface area contributed by atoms with Gasteiger partial charge in [0, 0.05) is 28.1 Å². The van der Waals surface area contributed by atoms with Crippen molar-refractivity contribution in [2.24, 2.45) is 0 Å². The summed E-state index contributed by atoms with van der Waals surface area (Å²) in [5.41, 5.74) is 3.45. The number of nitrogens with zero attached hydrogens (tertiary/aromatic N) is 1. The van der Waals surface area contributed by atoms with Crippen LogP contribution in [0.4, 0.5) is 5.88 Å². The molecule has 0 saturated heterocycles. The molecule has 32 heavy (non-hydrogen) atoms. The van der Waals surface area contributed by atoms with Crippen molar-refractivity contribution in [3.63, 3.8) is 0 Å². The number of oxazole rings is 1. The van der Waals surface area contributed by atoms with Gasteiger partial charge in [0.15, 0.2) is 0 Å². The van der Waals surface area contributed by atoms with Crippen molar-refractivity contribution >= 4 is 23.4 Å². The van der Waals surface area contributed by atoms with Gasteiger partial charge in [0.1, 0.15) is 11.4 Å². The predicted octanol–water partition coefficient (Wildman–Crippen LogP) is 7.16. The largest absolute Gasteiger partial charge is 0.507 e. The molecule has 0 aliphatic carbocycles. The number of rotatable bonds is 7. The van der Waals surface area contributed by atoms with E-state index in [1.54, 1.807) is 24.3 Å². The van der Waals surface area contributed by atoms with E-state index in [1.807, 2.05) is 55.5 Å². The Labute approximate surface area is 191 Å². The zero-order valence-electron chi connectivity index (χ0n) is 17.6. The number of aromatic hydroxyl groups is 1. The van der Waals surface area contributed by atoms with Gasteiger partial charge in [-0.1, -0.05) is 73.5 Å². The molecule has 0 spiro atoms. The second-order valence-electron chi connectivity index (χ2n) is 7.42. The first-order chi connectivity index (χ1) is 15.6. The smallest absolute Gasteiger partial charge is 0.229 e. The van der Waals surface area contributed by atoms with E-state index in [-0.39, 0.29) is 17.5 Å². The molecule has 1 amide bonds. The van der Waals surface area contributed by atoms with Crippen LogP contribution in [0, 0.1) is 0 Å². The van der Waals surface area contributed by atoms with Crippen LogP contribution in [0.5, 0.6) is 5.75 Å². The van der Waals surface area contributed by atoms with E-state index < -0.39 is 0 Å². The molecule has 3 aromatic carbocycles. The number of amides is 1. The van der Waals surface area contributed by atoms with Crippen molar-refractivity contribution in [2.75, 3.05) is 5.32 Å². The highest BCUT2D eigenvalue weighted by molar-refractivity contribution is 6.30. The SMILES string of the molecule is CCCCC(=O)Nc1oc(-c2ccccc2-c2ccccc2O)nc1-c1ccc(Cl)cc1. The Hall–Kier alpha value is -3.57. The van der Waals surface area contributed by atoms with Gasteiger partial charge in [-0.2, -0.15) is 0 Å². The Bertz CT molecular complexity index is 1230. The third-order valence-electron chi connectivity index (χ3n) is 5.11. The molecule has 6 heteroatoms. The lowest BCUT2D eigenvalue weighted by atomic mass is 9.99. The van der Waals surface area contributed by atoms with Gasteiger partial charge >= 0.3 is 0 Å². The van der Waals surface area contributed by atoms with E-state index in [9.17, 15) is 9.90 Å². The summed E-state index contributed by atoms with van der Waals surface area (Å²) >= 11 is 6.05. The average molecular weight is 447 g/mol. The first-order valence-electron chi connectivity index (χ1n) is 10.5. The first-order valence-corrected chi connectivity index (χ1v) is 10.9. The minimum absolute atomic E-state index is 0.126. The Kier molecular flexibility index (Phi) is 6.57. The second-order valence-corrected chi connectivity index (χ2v) is 7.85. The number of nitrogens with one attached hydrogen (secondary N) is 1. The normalized spacial score (nSPS) is 10.8. The van der Waals surface area contributed by atoms with Gasteiger partial charge in [0.2, 0.25) is 17.7 Å². The number of unbranched alkanes of at least 4 members (excludes halogenated alkanes) is 1. The Morgan fingerprint density at radius 1 is 0.969 bits per heavy atom. The van der Waals surface area contributed by atoms with E-state index in [1.165, 1.54) is 0 Å². The van der Waals surface area contributed by atoms with E-state index in [2.05, 4.69) is 5.32 Å². The van der Waals surface area contributed by atoms with E-state index in [0.717, 1.165) is 24.0 Å². The first kappa shape index (κ1) is 21.7. The lowest BCUT2D eigenvalue weighted by molar-refractivity contribution is -0.116.